The molecule has 1 amide bonds. The molecule has 4 rings (SSSR count). The number of hydrogen-bond donors (Lipinski definition) is 1. The van der Waals surface area contributed by atoms with Crippen LogP contribution in [0.25, 0.3) is 0 Å². The van der Waals surface area contributed by atoms with Gasteiger partial charge in [-0.05, 0) is 60.2 Å². The summed E-state index contributed by atoms with van der Waals surface area (Å²) in [5, 5.41) is 12.2. The third kappa shape index (κ3) is 8.65. The second kappa shape index (κ2) is 14.7. The Morgan fingerprint density at radius 2 is 1.78 bits per heavy atom. The molecule has 3 aromatic carbocycles. The van der Waals surface area contributed by atoms with E-state index in [4.69, 9.17) is 16.3 Å². The number of sulfone groups is 1. The average Bonchev–Trinajstić information content (AvgIpc) is 3.41. The van der Waals surface area contributed by atoms with Gasteiger partial charge in [-0.1, -0.05) is 30.7 Å². The molecule has 0 aliphatic carbocycles. The van der Waals surface area contributed by atoms with Gasteiger partial charge in [0.05, 0.1) is 64.6 Å². The van der Waals surface area contributed by atoms with E-state index in [0.717, 1.165) is 12.1 Å². The molecule has 1 aliphatic heterocycles. The topological polar surface area (TPSA) is 109 Å². The summed E-state index contributed by atoms with van der Waals surface area (Å²) in [4.78, 5) is 15.0. The van der Waals surface area contributed by atoms with E-state index in [1.165, 1.54) is 61.5 Å². The molecule has 0 unspecified atom stereocenters. The fourth-order valence-corrected chi connectivity index (χ4v) is 6.22. The van der Waals surface area contributed by atoms with E-state index < -0.39 is 58.9 Å². The molecule has 0 radical (unpaired) electrons. The van der Waals surface area contributed by atoms with Crippen molar-refractivity contribution in [3.8, 4) is 11.8 Å². The van der Waals surface area contributed by atoms with Gasteiger partial charge in [0.1, 0.15) is 11.9 Å². The van der Waals surface area contributed by atoms with E-state index in [0.29, 0.717) is 11.3 Å². The van der Waals surface area contributed by atoms with Crippen molar-refractivity contribution in [1.29, 1.82) is 5.26 Å². The van der Waals surface area contributed by atoms with Gasteiger partial charge in [0.15, 0.2) is 9.84 Å². The molecule has 8 nitrogen and oxygen atoms in total. The number of halogens is 6. The Hall–Kier alpha value is -3.93. The molecule has 3 atom stereocenters. The van der Waals surface area contributed by atoms with E-state index in [1.54, 1.807) is 4.90 Å². The van der Waals surface area contributed by atoms with Gasteiger partial charge in [0.2, 0.25) is 0 Å². The first-order valence-corrected chi connectivity index (χ1v) is 16.0. The number of nitriles is 1. The lowest BCUT2D eigenvalue weighted by Gasteiger charge is -2.27. The first kappa shape index (κ1) is 34.9. The van der Waals surface area contributed by atoms with Crippen LogP contribution in [0.15, 0.2) is 71.6 Å². The van der Waals surface area contributed by atoms with Crippen LogP contribution in [0, 0.1) is 11.3 Å². The highest BCUT2D eigenvalue weighted by atomic mass is 35.5. The maximum atomic E-state index is 13.2. The number of nitrogens with one attached hydrogen (secondary N) is 1. The minimum atomic E-state index is -4.51. The highest BCUT2D eigenvalue weighted by molar-refractivity contribution is 7.91. The fraction of sp³-hybridized carbons (Fsp3) is 0.355. The van der Waals surface area contributed by atoms with Gasteiger partial charge >= 0.3 is 12.8 Å². The average molecular weight is 686 g/mol. The molecule has 0 bridgehead atoms. The van der Waals surface area contributed by atoms with Crippen LogP contribution in [0.3, 0.4) is 0 Å². The lowest BCUT2D eigenvalue weighted by Crippen LogP contribution is -2.34. The highest BCUT2D eigenvalue weighted by Gasteiger charge is 2.36. The number of carbonyl (C=O) groups excluding carboxylic acids is 1. The summed E-state index contributed by atoms with van der Waals surface area (Å²) in [7, 11) is -3.43. The first-order chi connectivity index (χ1) is 21.7. The number of carbonyl (C=O) groups is 1. The second-order valence-electron chi connectivity index (χ2n) is 10.4. The zero-order valence-electron chi connectivity index (χ0n) is 24.3. The highest BCUT2D eigenvalue weighted by Crippen LogP contribution is 2.36. The number of nitrogens with zero attached hydrogens (tertiary/aromatic N) is 2. The summed E-state index contributed by atoms with van der Waals surface area (Å²) in [6.07, 6.45) is -5.02. The monoisotopic (exact) mass is 685 g/mol. The molecule has 3 aromatic rings. The number of ether oxygens (including phenoxy) is 2. The zero-order valence-corrected chi connectivity index (χ0v) is 25.9. The van der Waals surface area contributed by atoms with Crippen LogP contribution in [0.2, 0.25) is 5.02 Å². The summed E-state index contributed by atoms with van der Waals surface area (Å²) in [5.74, 6) is -0.479. The molecule has 1 N–H and O–H groups in total. The quantitative estimate of drug-likeness (QED) is 0.209. The van der Waals surface area contributed by atoms with Gasteiger partial charge in [-0.15, -0.1) is 0 Å². The zero-order chi connectivity index (χ0) is 33.6. The summed E-state index contributed by atoms with van der Waals surface area (Å²) in [5.41, 5.74) is 0.205. The van der Waals surface area contributed by atoms with Gasteiger partial charge in [-0.3, -0.25) is 4.79 Å². The Labute approximate surface area is 267 Å². The minimum absolute atomic E-state index is 0.0777. The van der Waals surface area contributed by atoms with Crippen LogP contribution in [0.1, 0.15) is 47.3 Å². The molecule has 1 saturated heterocycles. The van der Waals surface area contributed by atoms with Crippen molar-refractivity contribution in [2.45, 2.75) is 55.6 Å². The van der Waals surface area contributed by atoms with Crippen LogP contribution in [0.5, 0.6) is 5.75 Å². The molecular weight excluding hydrogens is 657 g/mol. The Kier molecular flexibility index (Phi) is 11.1. The first-order valence-electron chi connectivity index (χ1n) is 14.0. The van der Waals surface area contributed by atoms with Crippen molar-refractivity contribution in [2.24, 2.45) is 0 Å². The fourth-order valence-electron chi connectivity index (χ4n) is 5.05. The van der Waals surface area contributed by atoms with Gasteiger partial charge in [0.25, 0.3) is 5.91 Å². The van der Waals surface area contributed by atoms with E-state index >= 15 is 0 Å². The van der Waals surface area contributed by atoms with Gasteiger partial charge in [-0.25, -0.2) is 8.42 Å². The largest absolute Gasteiger partial charge is 0.489 e. The molecule has 1 fully saturated rings. The van der Waals surface area contributed by atoms with Crippen LogP contribution in [-0.4, -0.2) is 52.0 Å². The van der Waals surface area contributed by atoms with E-state index in [-0.39, 0.29) is 46.4 Å². The Balaban J connectivity index is 1.50. The van der Waals surface area contributed by atoms with Crippen LogP contribution < -0.4 is 15.0 Å². The van der Waals surface area contributed by atoms with E-state index in [9.17, 15) is 40.4 Å². The van der Waals surface area contributed by atoms with Crippen molar-refractivity contribution in [2.75, 3.05) is 23.8 Å². The van der Waals surface area contributed by atoms with Gasteiger partial charge < -0.3 is 19.7 Å². The summed E-state index contributed by atoms with van der Waals surface area (Å²) < 4.78 is 99.3. The number of rotatable bonds is 12. The summed E-state index contributed by atoms with van der Waals surface area (Å²) in [6, 6.07) is 15.0. The number of alkyl halides is 5. The Bertz CT molecular complexity index is 1670. The van der Waals surface area contributed by atoms with Crippen molar-refractivity contribution in [1.82, 2.24) is 5.32 Å². The second-order valence-corrected chi connectivity index (χ2v) is 13.1. The molecule has 0 spiro atoms. The molecular formula is C31H29ClF5N3O5S. The summed E-state index contributed by atoms with van der Waals surface area (Å²) >= 11 is 6.57. The molecule has 1 aliphatic rings. The maximum absolute atomic E-state index is 13.2. The molecule has 1 heterocycles. The number of amides is 1. The van der Waals surface area contributed by atoms with Crippen LogP contribution >= 0.6 is 11.6 Å². The molecule has 0 saturated carbocycles. The Morgan fingerprint density at radius 1 is 1.11 bits per heavy atom. The van der Waals surface area contributed by atoms with Crippen molar-refractivity contribution >= 4 is 33.0 Å². The van der Waals surface area contributed by atoms with E-state index in [2.05, 4.69) is 10.1 Å². The molecule has 0 aromatic heterocycles. The van der Waals surface area contributed by atoms with Crippen molar-refractivity contribution in [3.05, 3.63) is 88.4 Å². The lowest BCUT2D eigenvalue weighted by atomic mass is 10.0. The Morgan fingerprint density at radius 3 is 2.35 bits per heavy atom. The van der Waals surface area contributed by atoms with Crippen molar-refractivity contribution < 1.29 is 44.6 Å². The van der Waals surface area contributed by atoms with Gasteiger partial charge in [0, 0.05) is 12.0 Å². The van der Waals surface area contributed by atoms with Gasteiger partial charge in [-0.2, -0.15) is 27.2 Å². The predicted octanol–water partition coefficient (Wildman–Crippen LogP) is 6.80. The smallest absolute Gasteiger partial charge is 0.416 e. The predicted molar refractivity (Wildman–Crippen MR) is 160 cm³/mol. The molecule has 46 heavy (non-hydrogen) atoms. The third-order valence-corrected chi connectivity index (χ3v) is 9.47. The van der Waals surface area contributed by atoms with Crippen LogP contribution in [-0.2, 0) is 20.8 Å². The number of anilines is 1. The molecule has 246 valence electrons. The standard InChI is InChI=1S/C31H29ClF5N3O5S/c1-2-46(42,43)25-10-3-19(4-11-25)27(13-14-38)39-29(41)20-5-12-28(26(32)15-20)40-17-24(16-22(40)18-44-30(33)34)45-23-8-6-21(7-9-23)31(35,36)37/h3-12,15,22,24,27,30H,2,13,16-18H2,1H3,(H,39,41)/t22-,24-,27-/m0/s1. The van der Waals surface area contributed by atoms with E-state index in [1.807, 2.05) is 6.07 Å². The van der Waals surface area contributed by atoms with Crippen LogP contribution in [0.4, 0.5) is 27.6 Å². The SMILES string of the molecule is CCS(=O)(=O)c1ccc([C@H](CC#N)NC(=O)c2ccc(N3C[C@@H](Oc4ccc(C(F)(F)F)cc4)C[C@H]3COC(F)F)c(Cl)c2)cc1. The third-order valence-electron chi connectivity index (χ3n) is 7.42. The lowest BCUT2D eigenvalue weighted by molar-refractivity contribution is -0.137. The summed E-state index contributed by atoms with van der Waals surface area (Å²) in [6.45, 7) is -1.77. The normalized spacial score (nSPS) is 17.5. The van der Waals surface area contributed by atoms with Crippen molar-refractivity contribution in [3.63, 3.8) is 0 Å². The molecule has 15 heteroatoms. The number of benzene rings is 3. The minimum Gasteiger partial charge on any atom is -0.489 e. The number of hydrogen-bond acceptors (Lipinski definition) is 7. The maximum Gasteiger partial charge on any atom is 0.416 e.